The fourth-order valence-electron chi connectivity index (χ4n) is 2.30. The van der Waals surface area contributed by atoms with Crippen LogP contribution in [0.5, 0.6) is 0 Å². The average Bonchev–Trinajstić information content (AvgIpc) is 2.41. The summed E-state index contributed by atoms with van der Waals surface area (Å²) in [6.07, 6.45) is 2.02. The first-order valence-corrected chi connectivity index (χ1v) is 7.33. The lowest BCUT2D eigenvalue weighted by Gasteiger charge is -2.24. The lowest BCUT2D eigenvalue weighted by atomic mass is 10.0. The van der Waals surface area contributed by atoms with Crippen LogP contribution in [0.4, 0.5) is 0 Å². The lowest BCUT2D eigenvalue weighted by molar-refractivity contribution is -0.144. The predicted molar refractivity (Wildman–Crippen MR) is 82.7 cm³/mol. The molecule has 0 fully saturated rings. The molecule has 1 rings (SSSR count). The summed E-state index contributed by atoms with van der Waals surface area (Å²) in [6, 6.07) is 8.62. The normalized spacial score (nSPS) is 14.1. The summed E-state index contributed by atoms with van der Waals surface area (Å²) in [4.78, 5) is 11.7. The van der Waals surface area contributed by atoms with Gasteiger partial charge in [0.15, 0.2) is 0 Å². The SMILES string of the molecule is COC(=O)C(NC(C)CCc1cccc(C)c1)C(C)C. The number of ether oxygens (including phenoxy) is 1. The zero-order valence-corrected chi connectivity index (χ0v) is 13.3. The summed E-state index contributed by atoms with van der Waals surface area (Å²) in [5.74, 6) is 0.0475. The molecule has 0 aliphatic heterocycles. The van der Waals surface area contributed by atoms with Crippen LogP contribution in [-0.2, 0) is 16.0 Å². The number of carbonyl (C=O) groups excluding carboxylic acids is 1. The summed E-state index contributed by atoms with van der Waals surface area (Å²) in [7, 11) is 1.44. The van der Waals surface area contributed by atoms with Crippen LogP contribution in [0.25, 0.3) is 0 Å². The number of esters is 1. The highest BCUT2D eigenvalue weighted by molar-refractivity contribution is 5.75. The topological polar surface area (TPSA) is 38.3 Å². The molecule has 1 aromatic rings. The quantitative estimate of drug-likeness (QED) is 0.778. The first-order chi connectivity index (χ1) is 9.43. The van der Waals surface area contributed by atoms with Gasteiger partial charge >= 0.3 is 5.97 Å². The largest absolute Gasteiger partial charge is 0.468 e. The number of nitrogens with one attached hydrogen (secondary N) is 1. The van der Waals surface area contributed by atoms with Crippen molar-refractivity contribution < 1.29 is 9.53 Å². The van der Waals surface area contributed by atoms with Crippen molar-refractivity contribution in [1.29, 1.82) is 0 Å². The van der Waals surface area contributed by atoms with Gasteiger partial charge in [-0.2, -0.15) is 0 Å². The smallest absolute Gasteiger partial charge is 0.323 e. The molecule has 0 saturated heterocycles. The van der Waals surface area contributed by atoms with Gasteiger partial charge in [0, 0.05) is 6.04 Å². The fourth-order valence-corrected chi connectivity index (χ4v) is 2.30. The highest BCUT2D eigenvalue weighted by Gasteiger charge is 2.24. The van der Waals surface area contributed by atoms with Crippen molar-refractivity contribution in [3.05, 3.63) is 35.4 Å². The summed E-state index contributed by atoms with van der Waals surface area (Å²) in [6.45, 7) is 8.29. The van der Waals surface area contributed by atoms with E-state index >= 15 is 0 Å². The van der Waals surface area contributed by atoms with Gasteiger partial charge in [-0.1, -0.05) is 43.7 Å². The van der Waals surface area contributed by atoms with Crippen LogP contribution >= 0.6 is 0 Å². The molecule has 3 heteroatoms. The maximum atomic E-state index is 11.7. The summed E-state index contributed by atoms with van der Waals surface area (Å²) >= 11 is 0. The van der Waals surface area contributed by atoms with E-state index in [1.807, 2.05) is 13.8 Å². The van der Waals surface area contributed by atoms with Crippen molar-refractivity contribution in [1.82, 2.24) is 5.32 Å². The van der Waals surface area contributed by atoms with Gasteiger partial charge in [-0.15, -0.1) is 0 Å². The first-order valence-electron chi connectivity index (χ1n) is 7.33. The van der Waals surface area contributed by atoms with E-state index in [2.05, 4.69) is 43.4 Å². The van der Waals surface area contributed by atoms with Gasteiger partial charge in [0.2, 0.25) is 0 Å². The first kappa shape index (κ1) is 16.7. The van der Waals surface area contributed by atoms with Crippen LogP contribution in [0.2, 0.25) is 0 Å². The Morgan fingerprint density at radius 1 is 1.30 bits per heavy atom. The molecule has 0 spiro atoms. The van der Waals surface area contributed by atoms with E-state index in [9.17, 15) is 4.79 Å². The van der Waals surface area contributed by atoms with Crippen LogP contribution in [0.1, 0.15) is 38.3 Å². The Labute approximate surface area is 122 Å². The highest BCUT2D eigenvalue weighted by atomic mass is 16.5. The Kier molecular flexibility index (Phi) is 6.73. The Hall–Kier alpha value is -1.35. The molecule has 0 bridgehead atoms. The van der Waals surface area contributed by atoms with Gasteiger partial charge in [-0.3, -0.25) is 4.79 Å². The minimum atomic E-state index is -0.229. The van der Waals surface area contributed by atoms with E-state index in [4.69, 9.17) is 4.74 Å². The van der Waals surface area contributed by atoms with Crippen LogP contribution < -0.4 is 5.32 Å². The zero-order valence-electron chi connectivity index (χ0n) is 13.3. The Bertz CT molecular complexity index is 429. The molecule has 0 amide bonds. The number of benzene rings is 1. The monoisotopic (exact) mass is 277 g/mol. The van der Waals surface area contributed by atoms with E-state index in [0.717, 1.165) is 12.8 Å². The van der Waals surface area contributed by atoms with Crippen LogP contribution in [-0.4, -0.2) is 25.2 Å². The van der Waals surface area contributed by atoms with E-state index in [-0.39, 0.29) is 24.0 Å². The van der Waals surface area contributed by atoms with Crippen molar-refractivity contribution in [2.45, 2.75) is 52.6 Å². The molecule has 3 nitrogen and oxygen atoms in total. The van der Waals surface area contributed by atoms with Gasteiger partial charge in [0.1, 0.15) is 6.04 Å². The standard InChI is InChI=1S/C17H27NO2/c1-12(2)16(17(19)20-5)18-14(4)9-10-15-8-6-7-13(3)11-15/h6-8,11-12,14,16,18H,9-10H2,1-5H3. The third-order valence-electron chi connectivity index (χ3n) is 3.53. The minimum absolute atomic E-state index is 0.178. The summed E-state index contributed by atoms with van der Waals surface area (Å²) < 4.78 is 4.85. The molecule has 0 aliphatic rings. The van der Waals surface area contributed by atoms with E-state index < -0.39 is 0 Å². The number of hydrogen-bond donors (Lipinski definition) is 1. The van der Waals surface area contributed by atoms with Gasteiger partial charge in [0.25, 0.3) is 0 Å². The van der Waals surface area contributed by atoms with E-state index in [1.54, 1.807) is 0 Å². The third-order valence-corrected chi connectivity index (χ3v) is 3.53. The van der Waals surface area contributed by atoms with Gasteiger partial charge in [-0.05, 0) is 38.2 Å². The molecule has 0 aliphatic carbocycles. The maximum Gasteiger partial charge on any atom is 0.323 e. The third kappa shape index (κ3) is 5.33. The second-order valence-corrected chi connectivity index (χ2v) is 5.84. The van der Waals surface area contributed by atoms with Crippen molar-refractivity contribution >= 4 is 5.97 Å². The molecule has 1 aromatic carbocycles. The minimum Gasteiger partial charge on any atom is -0.468 e. The molecular formula is C17H27NO2. The average molecular weight is 277 g/mol. The zero-order chi connectivity index (χ0) is 15.1. The van der Waals surface area contributed by atoms with Crippen LogP contribution in [0, 0.1) is 12.8 Å². The lowest BCUT2D eigenvalue weighted by Crippen LogP contribution is -2.46. The molecule has 0 aromatic heterocycles. The molecule has 0 radical (unpaired) electrons. The molecule has 2 atom stereocenters. The predicted octanol–water partition coefficient (Wildman–Crippen LogP) is 3.10. The molecule has 2 unspecified atom stereocenters. The van der Waals surface area contributed by atoms with Crippen molar-refractivity contribution in [3.63, 3.8) is 0 Å². The molecule has 0 heterocycles. The Morgan fingerprint density at radius 3 is 2.55 bits per heavy atom. The Balaban J connectivity index is 2.49. The maximum absolute atomic E-state index is 11.7. The van der Waals surface area contributed by atoms with Crippen molar-refractivity contribution in [2.24, 2.45) is 5.92 Å². The van der Waals surface area contributed by atoms with Gasteiger partial charge in [0.05, 0.1) is 7.11 Å². The molecule has 1 N–H and O–H groups in total. The fraction of sp³-hybridized carbons (Fsp3) is 0.588. The van der Waals surface area contributed by atoms with Crippen LogP contribution in [0.15, 0.2) is 24.3 Å². The second kappa shape index (κ2) is 8.05. The van der Waals surface area contributed by atoms with Gasteiger partial charge in [-0.25, -0.2) is 0 Å². The highest BCUT2D eigenvalue weighted by Crippen LogP contribution is 2.10. The number of aryl methyl sites for hydroxylation is 2. The molecule has 112 valence electrons. The van der Waals surface area contributed by atoms with E-state index in [0.29, 0.717) is 0 Å². The summed E-state index contributed by atoms with van der Waals surface area (Å²) in [5.41, 5.74) is 2.63. The second-order valence-electron chi connectivity index (χ2n) is 5.84. The molecule has 20 heavy (non-hydrogen) atoms. The van der Waals surface area contributed by atoms with Crippen molar-refractivity contribution in [3.8, 4) is 0 Å². The van der Waals surface area contributed by atoms with Gasteiger partial charge < -0.3 is 10.1 Å². The number of carbonyl (C=O) groups is 1. The number of methoxy groups -OCH3 is 1. The van der Waals surface area contributed by atoms with Crippen LogP contribution in [0.3, 0.4) is 0 Å². The van der Waals surface area contributed by atoms with E-state index in [1.165, 1.54) is 18.2 Å². The van der Waals surface area contributed by atoms with Crippen molar-refractivity contribution in [2.75, 3.05) is 7.11 Å². The summed E-state index contributed by atoms with van der Waals surface area (Å²) in [5, 5.41) is 3.38. The molecular weight excluding hydrogens is 250 g/mol. The number of hydrogen-bond acceptors (Lipinski definition) is 3. The Morgan fingerprint density at radius 2 is 2.00 bits per heavy atom. The number of rotatable bonds is 7. The molecule has 0 saturated carbocycles.